The summed E-state index contributed by atoms with van der Waals surface area (Å²) in [6.45, 7) is 6.22. The molecule has 0 aromatic carbocycles. The largest absolute Gasteiger partial charge is 0.476 e. The average molecular weight is 309 g/mol. The number of aromatic nitrogens is 1. The van der Waals surface area contributed by atoms with Crippen molar-refractivity contribution in [2.75, 3.05) is 37.6 Å². The molecule has 1 saturated carbocycles. The van der Waals surface area contributed by atoms with E-state index in [9.17, 15) is 9.59 Å². The number of aromatic carboxylic acids is 1. The van der Waals surface area contributed by atoms with Crippen LogP contribution in [0.3, 0.4) is 0 Å². The van der Waals surface area contributed by atoms with Crippen molar-refractivity contribution < 1.29 is 14.7 Å². The van der Waals surface area contributed by atoms with Crippen LogP contribution >= 0.6 is 11.3 Å². The third-order valence-electron chi connectivity index (χ3n) is 3.99. The molecule has 0 atom stereocenters. The second-order valence-corrected chi connectivity index (χ2v) is 6.74. The molecule has 6 nitrogen and oxygen atoms in total. The number of nitrogens with zero attached hydrogens (tertiary/aromatic N) is 3. The Morgan fingerprint density at radius 2 is 1.95 bits per heavy atom. The van der Waals surface area contributed by atoms with Gasteiger partial charge < -0.3 is 10.0 Å². The molecule has 2 fully saturated rings. The topological polar surface area (TPSA) is 73.7 Å². The maximum absolute atomic E-state index is 11.5. The van der Waals surface area contributed by atoms with Gasteiger partial charge in [-0.25, -0.2) is 9.78 Å². The van der Waals surface area contributed by atoms with E-state index in [2.05, 4.69) is 14.8 Å². The van der Waals surface area contributed by atoms with Crippen LogP contribution in [-0.2, 0) is 0 Å². The van der Waals surface area contributed by atoms with Gasteiger partial charge in [0.1, 0.15) is 4.88 Å². The first-order valence-corrected chi connectivity index (χ1v) is 8.08. The molecule has 114 valence electrons. The third kappa shape index (κ3) is 3.24. The van der Waals surface area contributed by atoms with Crippen molar-refractivity contribution in [3.63, 3.8) is 0 Å². The van der Waals surface area contributed by atoms with Crippen molar-refractivity contribution in [1.29, 1.82) is 0 Å². The van der Waals surface area contributed by atoms with Gasteiger partial charge in [-0.1, -0.05) is 11.3 Å². The number of thiazole rings is 1. The van der Waals surface area contributed by atoms with Gasteiger partial charge in [0.05, 0.1) is 0 Å². The van der Waals surface area contributed by atoms with E-state index in [0.29, 0.717) is 5.13 Å². The summed E-state index contributed by atoms with van der Waals surface area (Å²) in [5.74, 6) is -0.474. The Morgan fingerprint density at radius 3 is 2.43 bits per heavy atom. The predicted octanol–water partition coefficient (Wildman–Crippen LogP) is 1.58. The highest BCUT2D eigenvalue weighted by Gasteiger charge is 2.28. The van der Waals surface area contributed by atoms with E-state index in [-0.39, 0.29) is 16.4 Å². The highest BCUT2D eigenvalue weighted by Crippen LogP contribution is 2.31. The van der Waals surface area contributed by atoms with Gasteiger partial charge >= 0.3 is 5.97 Å². The first kappa shape index (κ1) is 14.5. The highest BCUT2D eigenvalue weighted by molar-refractivity contribution is 7.17. The number of hydrogen-bond acceptors (Lipinski definition) is 6. The minimum atomic E-state index is -1.13. The molecule has 0 bridgehead atoms. The first-order chi connectivity index (χ1) is 10.0. The molecule has 1 aromatic heterocycles. The van der Waals surface area contributed by atoms with Crippen LogP contribution in [0.25, 0.3) is 0 Å². The molecule has 7 heteroatoms. The molecule has 1 N–H and O–H groups in total. The number of carbonyl (C=O) groups is 2. The van der Waals surface area contributed by atoms with Gasteiger partial charge in [-0.2, -0.15) is 0 Å². The summed E-state index contributed by atoms with van der Waals surface area (Å²) in [6, 6.07) is 0. The molecule has 0 amide bonds. The van der Waals surface area contributed by atoms with E-state index in [4.69, 9.17) is 5.11 Å². The zero-order chi connectivity index (χ0) is 15.0. The Kier molecular flexibility index (Phi) is 3.95. The van der Waals surface area contributed by atoms with E-state index in [1.54, 1.807) is 0 Å². The number of ketones is 1. The highest BCUT2D eigenvalue weighted by atomic mass is 32.1. The number of anilines is 1. The molecule has 0 spiro atoms. The molecular weight excluding hydrogens is 290 g/mol. The Hall–Kier alpha value is -1.47. The smallest absolute Gasteiger partial charge is 0.356 e. The molecule has 21 heavy (non-hydrogen) atoms. The Labute approximate surface area is 127 Å². The number of piperazine rings is 1. The zero-order valence-electron chi connectivity index (χ0n) is 12.0. The average Bonchev–Trinajstić information content (AvgIpc) is 3.14. The minimum Gasteiger partial charge on any atom is -0.476 e. The molecule has 1 saturated heterocycles. The van der Waals surface area contributed by atoms with Crippen LogP contribution in [0, 0.1) is 5.92 Å². The summed E-state index contributed by atoms with van der Waals surface area (Å²) >= 11 is 1.20. The van der Waals surface area contributed by atoms with Crippen LogP contribution in [0.4, 0.5) is 5.13 Å². The second-order valence-electron chi connectivity index (χ2n) is 5.77. The van der Waals surface area contributed by atoms with Gasteiger partial charge in [-0.3, -0.25) is 9.69 Å². The normalized spacial score (nSPS) is 19.8. The standard InChI is InChI=1S/C14H19N3O3S/c1-9(18)12-11(13(19)20)15-14(21-12)17-6-4-16(5-7-17)8-10-2-3-10/h10H,2-8H2,1H3,(H,19,20). The molecule has 2 heterocycles. The maximum atomic E-state index is 11.5. The lowest BCUT2D eigenvalue weighted by Crippen LogP contribution is -2.47. The fourth-order valence-electron chi connectivity index (χ4n) is 2.61. The number of carboxylic acids is 1. The molecule has 3 rings (SSSR count). The summed E-state index contributed by atoms with van der Waals surface area (Å²) in [4.78, 5) is 31.7. The first-order valence-electron chi connectivity index (χ1n) is 7.27. The molecule has 0 unspecified atom stereocenters. The van der Waals surface area contributed by atoms with Crippen molar-refractivity contribution >= 4 is 28.2 Å². The van der Waals surface area contributed by atoms with Crippen molar-refractivity contribution in [3.05, 3.63) is 10.6 Å². The van der Waals surface area contributed by atoms with Crippen molar-refractivity contribution in [1.82, 2.24) is 9.88 Å². The molecule has 1 aromatic rings. The van der Waals surface area contributed by atoms with Crippen LogP contribution in [0.5, 0.6) is 0 Å². The number of carboxylic acid groups (broad SMARTS) is 1. The molecular formula is C14H19N3O3S. The summed E-state index contributed by atoms with van der Waals surface area (Å²) in [7, 11) is 0. The van der Waals surface area contributed by atoms with E-state index in [0.717, 1.165) is 32.1 Å². The lowest BCUT2D eigenvalue weighted by molar-refractivity contribution is 0.0687. The summed E-state index contributed by atoms with van der Waals surface area (Å²) in [5.41, 5.74) is -0.108. The van der Waals surface area contributed by atoms with Gasteiger partial charge in [-0.05, 0) is 18.8 Å². The number of carbonyl (C=O) groups excluding carboxylic acids is 1. The fraction of sp³-hybridized carbons (Fsp3) is 0.643. The van der Waals surface area contributed by atoms with Gasteiger partial charge in [0, 0.05) is 39.6 Å². The Morgan fingerprint density at radius 1 is 1.29 bits per heavy atom. The fourth-order valence-corrected chi connectivity index (χ4v) is 3.62. The predicted molar refractivity (Wildman–Crippen MR) is 80.5 cm³/mol. The van der Waals surface area contributed by atoms with Gasteiger partial charge in [0.25, 0.3) is 0 Å². The van der Waals surface area contributed by atoms with Crippen LogP contribution < -0.4 is 4.90 Å². The molecule has 1 aliphatic heterocycles. The summed E-state index contributed by atoms with van der Waals surface area (Å²) in [5, 5.41) is 9.80. The van der Waals surface area contributed by atoms with Crippen LogP contribution in [-0.4, -0.2) is 59.5 Å². The van der Waals surface area contributed by atoms with Gasteiger partial charge in [0.15, 0.2) is 16.6 Å². The summed E-state index contributed by atoms with van der Waals surface area (Å²) in [6.07, 6.45) is 2.72. The van der Waals surface area contributed by atoms with Crippen molar-refractivity contribution in [2.24, 2.45) is 5.92 Å². The Balaban J connectivity index is 1.68. The lowest BCUT2D eigenvalue weighted by Gasteiger charge is -2.34. The lowest BCUT2D eigenvalue weighted by atomic mass is 10.3. The second kappa shape index (κ2) is 5.73. The van der Waals surface area contributed by atoms with E-state index in [1.165, 1.54) is 37.6 Å². The van der Waals surface area contributed by atoms with Gasteiger partial charge in [0.2, 0.25) is 0 Å². The number of Topliss-reactive ketones (excluding diaryl/α,β-unsaturated/α-hetero) is 1. The monoisotopic (exact) mass is 309 g/mol. The zero-order valence-corrected chi connectivity index (χ0v) is 12.9. The van der Waals surface area contributed by atoms with E-state index >= 15 is 0 Å². The SMILES string of the molecule is CC(=O)c1sc(N2CCN(CC3CC3)CC2)nc1C(=O)O. The maximum Gasteiger partial charge on any atom is 0.356 e. The van der Waals surface area contributed by atoms with Crippen molar-refractivity contribution in [3.8, 4) is 0 Å². The van der Waals surface area contributed by atoms with Crippen LogP contribution in [0.1, 0.15) is 39.9 Å². The van der Waals surface area contributed by atoms with E-state index < -0.39 is 5.97 Å². The Bertz CT molecular complexity index is 528. The number of hydrogen-bond donors (Lipinski definition) is 1. The van der Waals surface area contributed by atoms with Crippen molar-refractivity contribution in [2.45, 2.75) is 19.8 Å². The van der Waals surface area contributed by atoms with Crippen LogP contribution in [0.15, 0.2) is 0 Å². The minimum absolute atomic E-state index is 0.108. The third-order valence-corrected chi connectivity index (χ3v) is 5.21. The molecule has 1 aliphatic carbocycles. The molecule has 2 aliphatic rings. The molecule has 0 radical (unpaired) electrons. The van der Waals surface area contributed by atoms with Crippen LogP contribution in [0.2, 0.25) is 0 Å². The van der Waals surface area contributed by atoms with Gasteiger partial charge in [-0.15, -0.1) is 0 Å². The summed E-state index contributed by atoms with van der Waals surface area (Å²) < 4.78 is 0. The number of rotatable bonds is 5. The quantitative estimate of drug-likeness (QED) is 0.832. The van der Waals surface area contributed by atoms with E-state index in [1.807, 2.05) is 0 Å².